The lowest BCUT2D eigenvalue weighted by molar-refractivity contribution is -0.303. The largest absolute Gasteiger partial charge is 0.453 e. The number of nitrogens with one attached hydrogen (secondary N) is 1. The molecule has 0 aliphatic carbocycles. The number of hydrogen-bond acceptors (Lipinski definition) is 8. The predicted molar refractivity (Wildman–Crippen MR) is 180 cm³/mol. The average Bonchev–Trinajstić information content (AvgIpc) is 3.09. The van der Waals surface area contributed by atoms with E-state index in [0.29, 0.717) is 5.56 Å². The van der Waals surface area contributed by atoms with E-state index in [1.807, 2.05) is 91.0 Å². The summed E-state index contributed by atoms with van der Waals surface area (Å²) in [6.45, 7) is 0.560. The van der Waals surface area contributed by atoms with Gasteiger partial charge in [-0.2, -0.15) is 0 Å². The third-order valence-electron chi connectivity index (χ3n) is 7.30. The molecule has 0 saturated carbocycles. The second-order valence-corrected chi connectivity index (χ2v) is 13.0. The minimum Gasteiger partial charge on any atom is -0.453 e. The molecule has 1 saturated heterocycles. The van der Waals surface area contributed by atoms with Crippen LogP contribution < -0.4 is 0 Å². The van der Waals surface area contributed by atoms with Crippen molar-refractivity contribution in [2.24, 2.45) is 0 Å². The monoisotopic (exact) mass is 697 g/mol. The summed E-state index contributed by atoms with van der Waals surface area (Å²) in [5.74, 6) is -1.31. The molecule has 1 aliphatic rings. The van der Waals surface area contributed by atoms with Crippen molar-refractivity contribution in [2.45, 2.75) is 54.3 Å². The summed E-state index contributed by atoms with van der Waals surface area (Å²) in [5, 5.41) is 8.34. The Morgan fingerprint density at radius 3 is 1.62 bits per heavy atom. The molecule has 0 aromatic heterocycles. The zero-order valence-electron chi connectivity index (χ0n) is 25.3. The van der Waals surface area contributed by atoms with Gasteiger partial charge in [-0.15, -0.1) is 0 Å². The first kappa shape index (κ1) is 34.9. The molecule has 8 nitrogen and oxygen atoms in total. The van der Waals surface area contributed by atoms with Crippen molar-refractivity contribution in [2.75, 3.05) is 6.61 Å². The number of esters is 1. The van der Waals surface area contributed by atoms with Crippen molar-refractivity contribution < 1.29 is 33.2 Å². The standard InChI is InChI=1S/C36H34Cl3NO7/c37-36(38,39)35(40)47-34-32(44-23-27-17-9-3-10-18-27)31(46-33(41)28-19-11-4-12-20-28)30(43-22-26-15-7-2-8-16-26)29(45-34)24-42-21-25-13-5-1-6-14-25/h1-20,29-32,34,40H,21-24H2/t29-,30-,31+,32+,34?/m1/s1. The predicted octanol–water partition coefficient (Wildman–Crippen LogP) is 7.69. The molecule has 4 aromatic rings. The van der Waals surface area contributed by atoms with Crippen LogP contribution in [0, 0.1) is 5.41 Å². The molecule has 0 bridgehead atoms. The van der Waals surface area contributed by atoms with E-state index in [9.17, 15) is 4.79 Å². The zero-order chi connectivity index (χ0) is 33.1. The van der Waals surface area contributed by atoms with Gasteiger partial charge in [0.25, 0.3) is 3.79 Å². The summed E-state index contributed by atoms with van der Waals surface area (Å²) >= 11 is 18.0. The molecule has 0 radical (unpaired) electrons. The summed E-state index contributed by atoms with van der Waals surface area (Å²) < 4.78 is 35.2. The summed E-state index contributed by atoms with van der Waals surface area (Å²) in [5.41, 5.74) is 3.01. The van der Waals surface area contributed by atoms with Gasteiger partial charge in [0, 0.05) is 0 Å². The molecular weight excluding hydrogens is 665 g/mol. The first-order valence-corrected chi connectivity index (χ1v) is 16.1. The van der Waals surface area contributed by atoms with E-state index in [1.54, 1.807) is 30.3 Å². The molecule has 0 amide bonds. The van der Waals surface area contributed by atoms with Crippen LogP contribution in [0.3, 0.4) is 0 Å². The van der Waals surface area contributed by atoms with Crippen LogP contribution in [0.2, 0.25) is 0 Å². The number of carbonyl (C=O) groups excluding carboxylic acids is 1. The van der Waals surface area contributed by atoms with E-state index in [1.165, 1.54) is 0 Å². The quantitative estimate of drug-likeness (QED) is 0.0662. The van der Waals surface area contributed by atoms with Gasteiger partial charge in [-0.1, -0.05) is 144 Å². The van der Waals surface area contributed by atoms with Gasteiger partial charge in [-0.25, -0.2) is 4.79 Å². The van der Waals surface area contributed by atoms with E-state index in [4.69, 9.17) is 68.6 Å². The Labute approximate surface area is 288 Å². The highest BCUT2D eigenvalue weighted by atomic mass is 35.6. The van der Waals surface area contributed by atoms with Crippen LogP contribution >= 0.6 is 34.8 Å². The maximum absolute atomic E-state index is 13.6. The second-order valence-electron chi connectivity index (χ2n) is 10.7. The molecule has 5 atom stereocenters. The van der Waals surface area contributed by atoms with Gasteiger partial charge in [0.05, 0.1) is 32.0 Å². The molecule has 1 fully saturated rings. The van der Waals surface area contributed by atoms with Crippen molar-refractivity contribution in [3.63, 3.8) is 0 Å². The first-order chi connectivity index (χ1) is 22.8. The Kier molecular flexibility index (Phi) is 12.7. The van der Waals surface area contributed by atoms with Gasteiger partial charge in [0.1, 0.15) is 12.2 Å². The van der Waals surface area contributed by atoms with Gasteiger partial charge >= 0.3 is 5.97 Å². The van der Waals surface area contributed by atoms with Crippen molar-refractivity contribution >= 4 is 46.7 Å². The number of halogens is 3. The minimum atomic E-state index is -2.19. The van der Waals surface area contributed by atoms with E-state index < -0.39 is 46.4 Å². The molecule has 4 aromatic carbocycles. The molecule has 5 rings (SSSR count). The molecule has 1 heterocycles. The maximum atomic E-state index is 13.6. The zero-order valence-corrected chi connectivity index (χ0v) is 27.5. The van der Waals surface area contributed by atoms with Crippen molar-refractivity contribution in [3.05, 3.63) is 144 Å². The number of hydrogen-bond donors (Lipinski definition) is 1. The molecule has 246 valence electrons. The van der Waals surface area contributed by atoms with Crippen molar-refractivity contribution in [1.82, 2.24) is 0 Å². The Bertz CT molecular complexity index is 1540. The first-order valence-electron chi connectivity index (χ1n) is 14.9. The highest BCUT2D eigenvalue weighted by molar-refractivity contribution is 6.76. The highest BCUT2D eigenvalue weighted by Crippen LogP contribution is 2.34. The van der Waals surface area contributed by atoms with Gasteiger partial charge in [0.2, 0.25) is 12.2 Å². The topological polar surface area (TPSA) is 96.3 Å². The lowest BCUT2D eigenvalue weighted by Gasteiger charge is -2.45. The Hall–Kier alpha value is -3.47. The summed E-state index contributed by atoms with van der Waals surface area (Å²) in [6.07, 6.45) is -5.34. The maximum Gasteiger partial charge on any atom is 0.338 e. The molecule has 1 aliphatic heterocycles. The molecule has 11 heteroatoms. The number of benzene rings is 4. The summed E-state index contributed by atoms with van der Waals surface area (Å²) in [4.78, 5) is 13.6. The average molecular weight is 699 g/mol. The van der Waals surface area contributed by atoms with Gasteiger partial charge in [0.15, 0.2) is 12.2 Å². The lowest BCUT2D eigenvalue weighted by Crippen LogP contribution is -2.62. The Balaban J connectivity index is 1.49. The third-order valence-corrected chi connectivity index (χ3v) is 7.81. The second kappa shape index (κ2) is 17.1. The fourth-order valence-corrected chi connectivity index (χ4v) is 5.10. The molecule has 1 N–H and O–H groups in total. The van der Waals surface area contributed by atoms with Crippen LogP contribution in [0.4, 0.5) is 0 Å². The fraction of sp³-hybridized carbons (Fsp3) is 0.278. The number of alkyl halides is 3. The Morgan fingerprint density at radius 1 is 0.638 bits per heavy atom. The summed E-state index contributed by atoms with van der Waals surface area (Å²) in [6, 6.07) is 37.2. The normalized spacial score (nSPS) is 21.1. The van der Waals surface area contributed by atoms with Gasteiger partial charge < -0.3 is 28.4 Å². The van der Waals surface area contributed by atoms with Crippen LogP contribution in [0.1, 0.15) is 27.0 Å². The third kappa shape index (κ3) is 10.3. The SMILES string of the molecule is N=C(OC1O[C@H](COCc2ccccc2)[C@@H](OCc2ccccc2)[C@H](OC(=O)c2ccccc2)[C@@H]1OCc1ccccc1)C(Cl)(Cl)Cl. The lowest BCUT2D eigenvalue weighted by atomic mass is 9.97. The van der Waals surface area contributed by atoms with Crippen molar-refractivity contribution in [3.8, 4) is 0 Å². The van der Waals surface area contributed by atoms with Crippen LogP contribution in [0.5, 0.6) is 0 Å². The Morgan fingerprint density at radius 2 is 1.11 bits per heavy atom. The minimum absolute atomic E-state index is 0.0140. The molecular formula is C36H34Cl3NO7. The fourth-order valence-electron chi connectivity index (χ4n) is 4.97. The van der Waals surface area contributed by atoms with E-state index >= 15 is 0 Å². The van der Waals surface area contributed by atoms with Crippen LogP contribution in [0.25, 0.3) is 0 Å². The van der Waals surface area contributed by atoms with E-state index in [-0.39, 0.29) is 26.4 Å². The summed E-state index contributed by atoms with van der Waals surface area (Å²) in [7, 11) is 0. The van der Waals surface area contributed by atoms with E-state index in [2.05, 4.69) is 0 Å². The van der Waals surface area contributed by atoms with E-state index in [0.717, 1.165) is 16.7 Å². The van der Waals surface area contributed by atoms with Crippen LogP contribution in [0.15, 0.2) is 121 Å². The smallest absolute Gasteiger partial charge is 0.338 e. The van der Waals surface area contributed by atoms with Gasteiger partial charge in [-0.05, 0) is 28.8 Å². The van der Waals surface area contributed by atoms with Crippen molar-refractivity contribution in [1.29, 1.82) is 5.41 Å². The van der Waals surface area contributed by atoms with Gasteiger partial charge in [-0.3, -0.25) is 5.41 Å². The number of rotatable bonds is 13. The molecule has 0 spiro atoms. The van der Waals surface area contributed by atoms with Crippen LogP contribution in [-0.4, -0.2) is 53.0 Å². The highest BCUT2D eigenvalue weighted by Gasteiger charge is 2.52. The van der Waals surface area contributed by atoms with Crippen LogP contribution in [-0.2, 0) is 48.2 Å². The number of ether oxygens (including phenoxy) is 6. The number of carbonyl (C=O) groups is 1. The molecule has 47 heavy (non-hydrogen) atoms. The molecule has 1 unspecified atom stereocenters.